The molecule has 0 aromatic carbocycles. The zero-order chi connectivity index (χ0) is 24.6. The first-order valence-electron chi connectivity index (χ1n) is 13.0. The lowest BCUT2D eigenvalue weighted by Crippen LogP contribution is -2.46. The SMILES string of the molecule is Cc1cc(Nc2nc(N[C@H]3CC[C@H](N4CCOCC4)CC3)c3c(ccn3C3CC(C(N)=O)C3)n2)sn1. The van der Waals surface area contributed by atoms with E-state index in [-0.39, 0.29) is 17.9 Å². The van der Waals surface area contributed by atoms with E-state index in [1.807, 2.05) is 19.1 Å². The van der Waals surface area contributed by atoms with E-state index >= 15 is 0 Å². The molecule has 6 rings (SSSR count). The highest BCUT2D eigenvalue weighted by molar-refractivity contribution is 7.10. The number of fused-ring (bicyclic) bond motifs is 1. The number of nitrogens with two attached hydrogens (primary N) is 1. The quantitative estimate of drug-likeness (QED) is 0.442. The second-order valence-electron chi connectivity index (χ2n) is 10.3. The van der Waals surface area contributed by atoms with Crippen LogP contribution in [0.5, 0.6) is 0 Å². The molecular weight excluding hydrogens is 476 g/mol. The van der Waals surface area contributed by atoms with Crippen LogP contribution in [-0.4, -0.2) is 68.1 Å². The number of primary amides is 1. The van der Waals surface area contributed by atoms with Gasteiger partial charge >= 0.3 is 0 Å². The third-order valence-corrected chi connectivity index (χ3v) is 8.73. The van der Waals surface area contributed by atoms with Crippen LogP contribution in [0.25, 0.3) is 11.0 Å². The molecule has 11 heteroatoms. The van der Waals surface area contributed by atoms with E-state index < -0.39 is 0 Å². The molecule has 10 nitrogen and oxygen atoms in total. The summed E-state index contributed by atoms with van der Waals surface area (Å²) in [7, 11) is 0. The summed E-state index contributed by atoms with van der Waals surface area (Å²) in [5.41, 5.74) is 8.40. The Morgan fingerprint density at radius 1 is 1.14 bits per heavy atom. The summed E-state index contributed by atoms with van der Waals surface area (Å²) < 4.78 is 12.1. The molecule has 1 aliphatic heterocycles. The topological polar surface area (TPSA) is 123 Å². The molecule has 2 saturated carbocycles. The molecule has 3 aromatic rings. The highest BCUT2D eigenvalue weighted by Gasteiger charge is 2.35. The monoisotopic (exact) mass is 510 g/mol. The molecule has 1 amide bonds. The van der Waals surface area contributed by atoms with Crippen molar-refractivity contribution in [3.05, 3.63) is 24.0 Å². The van der Waals surface area contributed by atoms with Crippen molar-refractivity contribution in [1.29, 1.82) is 0 Å². The number of rotatable bonds is 7. The molecule has 0 radical (unpaired) electrons. The molecule has 1 saturated heterocycles. The van der Waals surface area contributed by atoms with Crippen molar-refractivity contribution < 1.29 is 9.53 Å². The summed E-state index contributed by atoms with van der Waals surface area (Å²) in [6.45, 7) is 5.76. The number of aryl methyl sites for hydroxylation is 1. The number of amides is 1. The summed E-state index contributed by atoms with van der Waals surface area (Å²) in [6.07, 6.45) is 8.19. The Morgan fingerprint density at radius 2 is 1.92 bits per heavy atom. The number of nitrogens with one attached hydrogen (secondary N) is 2. The van der Waals surface area contributed by atoms with E-state index in [0.717, 1.165) is 79.5 Å². The fourth-order valence-electron chi connectivity index (χ4n) is 5.83. The van der Waals surface area contributed by atoms with Crippen molar-refractivity contribution in [2.75, 3.05) is 36.9 Å². The average Bonchev–Trinajstić information content (AvgIpc) is 3.45. The van der Waals surface area contributed by atoms with E-state index in [1.165, 1.54) is 24.4 Å². The van der Waals surface area contributed by atoms with E-state index in [2.05, 4.69) is 30.7 Å². The molecule has 0 bridgehead atoms. The summed E-state index contributed by atoms with van der Waals surface area (Å²) in [5, 5.41) is 8.04. The highest BCUT2D eigenvalue weighted by atomic mass is 32.1. The standard InChI is InChI=1S/C25H34N8O2S/c1-15-12-21(36-31-15)29-25-28-20-6-7-33(19-13-16(14-19)23(26)34)22(20)24(30-25)27-17-2-4-18(5-3-17)32-8-10-35-11-9-32/h6-7,12,16-19H,2-5,8-11,13-14H2,1H3,(H2,26,34)(H2,27,28,29,30)/t16?,17-,18-,19?. The Balaban J connectivity index is 1.24. The highest BCUT2D eigenvalue weighted by Crippen LogP contribution is 2.41. The molecule has 2 aliphatic carbocycles. The smallest absolute Gasteiger partial charge is 0.230 e. The first-order valence-corrected chi connectivity index (χ1v) is 13.8. The normalized spacial score (nSPS) is 27.0. The van der Waals surface area contributed by atoms with Gasteiger partial charge in [-0.25, -0.2) is 4.98 Å². The lowest BCUT2D eigenvalue weighted by atomic mass is 9.79. The van der Waals surface area contributed by atoms with Gasteiger partial charge in [0.15, 0.2) is 5.82 Å². The van der Waals surface area contributed by atoms with E-state index in [0.29, 0.717) is 18.0 Å². The second kappa shape index (κ2) is 9.95. The van der Waals surface area contributed by atoms with Gasteiger partial charge in [-0.2, -0.15) is 9.36 Å². The van der Waals surface area contributed by atoms with Crippen LogP contribution in [0.4, 0.5) is 16.8 Å². The number of ether oxygens (including phenoxy) is 1. The van der Waals surface area contributed by atoms with E-state index in [1.54, 1.807) is 0 Å². The molecular formula is C25H34N8O2S. The van der Waals surface area contributed by atoms with Crippen molar-refractivity contribution in [3.63, 3.8) is 0 Å². The fourth-order valence-corrected chi connectivity index (χ4v) is 6.49. The molecule has 4 N–H and O–H groups in total. The van der Waals surface area contributed by atoms with Crippen molar-refractivity contribution in [3.8, 4) is 0 Å². The van der Waals surface area contributed by atoms with Gasteiger partial charge in [0.05, 0.1) is 24.4 Å². The van der Waals surface area contributed by atoms with Crippen LogP contribution in [0, 0.1) is 12.8 Å². The van der Waals surface area contributed by atoms with Gasteiger partial charge in [0, 0.05) is 43.3 Å². The van der Waals surface area contributed by atoms with Gasteiger partial charge in [-0.15, -0.1) is 0 Å². The second-order valence-corrected chi connectivity index (χ2v) is 11.1. The van der Waals surface area contributed by atoms with E-state index in [4.69, 9.17) is 20.4 Å². The number of carbonyl (C=O) groups excluding carboxylic acids is 1. The third-order valence-electron chi connectivity index (χ3n) is 7.93. The molecule has 0 unspecified atom stereocenters. The van der Waals surface area contributed by atoms with E-state index in [9.17, 15) is 4.79 Å². The minimum absolute atomic E-state index is 0.0456. The number of aromatic nitrogens is 4. The van der Waals surface area contributed by atoms with Gasteiger partial charge in [0.2, 0.25) is 11.9 Å². The van der Waals surface area contributed by atoms with Gasteiger partial charge in [-0.3, -0.25) is 9.69 Å². The Bertz CT molecular complexity index is 1220. The molecule has 192 valence electrons. The zero-order valence-electron chi connectivity index (χ0n) is 20.7. The van der Waals surface area contributed by atoms with Crippen LogP contribution in [0.3, 0.4) is 0 Å². The maximum Gasteiger partial charge on any atom is 0.230 e. The minimum Gasteiger partial charge on any atom is -0.379 e. The lowest BCUT2D eigenvalue weighted by Gasteiger charge is -2.39. The van der Waals surface area contributed by atoms with Gasteiger partial charge in [0.25, 0.3) is 0 Å². The summed E-state index contributed by atoms with van der Waals surface area (Å²) in [6, 6.07) is 5.29. The maximum absolute atomic E-state index is 11.6. The van der Waals surface area contributed by atoms with Crippen LogP contribution >= 0.6 is 11.5 Å². The van der Waals surface area contributed by atoms with Crippen molar-refractivity contribution in [2.24, 2.45) is 11.7 Å². The van der Waals surface area contributed by atoms with Gasteiger partial charge < -0.3 is 25.7 Å². The number of morpholine rings is 1. The maximum atomic E-state index is 11.6. The Kier molecular flexibility index (Phi) is 6.53. The van der Waals surface area contributed by atoms with Crippen molar-refractivity contribution in [2.45, 2.75) is 63.6 Å². The molecule has 4 heterocycles. The summed E-state index contributed by atoms with van der Waals surface area (Å²) >= 11 is 1.41. The van der Waals surface area contributed by atoms with Crippen LogP contribution in [0.1, 0.15) is 50.3 Å². The summed E-state index contributed by atoms with van der Waals surface area (Å²) in [5.74, 6) is 1.17. The average molecular weight is 511 g/mol. The fraction of sp³-hybridized carbons (Fsp3) is 0.600. The van der Waals surface area contributed by atoms with Gasteiger partial charge in [-0.05, 0) is 69.1 Å². The van der Waals surface area contributed by atoms with Crippen LogP contribution in [-0.2, 0) is 9.53 Å². The molecule has 3 aliphatic rings. The molecule has 0 spiro atoms. The van der Waals surface area contributed by atoms with Gasteiger partial charge in [0.1, 0.15) is 10.5 Å². The third kappa shape index (κ3) is 4.79. The molecule has 3 aromatic heterocycles. The van der Waals surface area contributed by atoms with Crippen molar-refractivity contribution >= 4 is 45.2 Å². The van der Waals surface area contributed by atoms with Gasteiger partial charge in [-0.1, -0.05) is 0 Å². The first kappa shape index (κ1) is 23.6. The number of hydrogen-bond donors (Lipinski definition) is 3. The minimum atomic E-state index is -0.208. The Labute approximate surface area is 214 Å². The number of carbonyl (C=O) groups is 1. The predicted molar refractivity (Wildman–Crippen MR) is 141 cm³/mol. The van der Waals surface area contributed by atoms with Crippen LogP contribution in [0.2, 0.25) is 0 Å². The lowest BCUT2D eigenvalue weighted by molar-refractivity contribution is -0.125. The number of hydrogen-bond acceptors (Lipinski definition) is 9. The molecule has 3 fully saturated rings. The molecule has 36 heavy (non-hydrogen) atoms. The summed E-state index contributed by atoms with van der Waals surface area (Å²) in [4.78, 5) is 24.0. The predicted octanol–water partition coefficient (Wildman–Crippen LogP) is 3.43. The van der Waals surface area contributed by atoms with Crippen LogP contribution < -0.4 is 16.4 Å². The first-order chi connectivity index (χ1) is 17.5. The Hall–Kier alpha value is -2.76. The number of nitrogens with zero attached hydrogens (tertiary/aromatic N) is 5. The van der Waals surface area contributed by atoms with Crippen LogP contribution in [0.15, 0.2) is 18.3 Å². The van der Waals surface area contributed by atoms with Crippen molar-refractivity contribution in [1.82, 2.24) is 23.8 Å². The Morgan fingerprint density at radius 3 is 2.61 bits per heavy atom. The zero-order valence-corrected chi connectivity index (χ0v) is 21.5. The number of anilines is 3. The largest absolute Gasteiger partial charge is 0.379 e. The molecule has 0 atom stereocenters.